The highest BCUT2D eigenvalue weighted by atomic mass is 16.5. The fourth-order valence-corrected chi connectivity index (χ4v) is 1.84. The van der Waals surface area contributed by atoms with Gasteiger partial charge in [0.1, 0.15) is 0 Å². The number of methoxy groups -OCH3 is 1. The molecule has 1 aliphatic rings. The third-order valence-electron chi connectivity index (χ3n) is 3.03. The predicted octanol–water partition coefficient (Wildman–Crippen LogP) is 1.66. The van der Waals surface area contributed by atoms with Crippen molar-refractivity contribution in [3.8, 4) is 0 Å². The van der Waals surface area contributed by atoms with Gasteiger partial charge in [0.05, 0.1) is 12.5 Å². The summed E-state index contributed by atoms with van der Waals surface area (Å²) in [4.78, 5) is 23.1. The Bertz CT molecular complexity index is 321. The lowest BCUT2D eigenvalue weighted by atomic mass is 9.93. The zero-order valence-electron chi connectivity index (χ0n) is 10.8. The summed E-state index contributed by atoms with van der Waals surface area (Å²) in [6.07, 6.45) is 6.81. The maximum Gasteiger partial charge on any atom is 0.313 e. The maximum absolute atomic E-state index is 11.7. The fourth-order valence-electron chi connectivity index (χ4n) is 1.84. The van der Waals surface area contributed by atoms with Crippen LogP contribution in [0.4, 0.5) is 0 Å². The molecule has 0 saturated carbocycles. The van der Waals surface area contributed by atoms with Gasteiger partial charge >= 0.3 is 5.97 Å². The van der Waals surface area contributed by atoms with Crippen LogP contribution in [0, 0.1) is 11.3 Å². The van der Waals surface area contributed by atoms with Gasteiger partial charge in [0.25, 0.3) is 0 Å². The van der Waals surface area contributed by atoms with Gasteiger partial charge in [-0.2, -0.15) is 0 Å². The number of rotatable bonds is 5. The van der Waals surface area contributed by atoms with E-state index in [0.29, 0.717) is 18.9 Å². The first kappa shape index (κ1) is 13.7. The van der Waals surface area contributed by atoms with E-state index in [4.69, 9.17) is 0 Å². The zero-order valence-corrected chi connectivity index (χ0v) is 10.8. The monoisotopic (exact) mass is 239 g/mol. The van der Waals surface area contributed by atoms with Crippen LogP contribution < -0.4 is 5.32 Å². The van der Waals surface area contributed by atoms with Crippen molar-refractivity contribution in [2.75, 3.05) is 13.7 Å². The molecule has 0 bridgehead atoms. The number of hydrogen-bond donors (Lipinski definition) is 1. The minimum absolute atomic E-state index is 0.00136. The van der Waals surface area contributed by atoms with E-state index >= 15 is 0 Å². The van der Waals surface area contributed by atoms with Crippen LogP contribution in [-0.4, -0.2) is 25.5 Å². The Morgan fingerprint density at radius 2 is 2.18 bits per heavy atom. The van der Waals surface area contributed by atoms with Crippen molar-refractivity contribution in [2.24, 2.45) is 11.3 Å². The molecule has 1 N–H and O–H groups in total. The van der Waals surface area contributed by atoms with E-state index in [0.717, 1.165) is 12.8 Å². The van der Waals surface area contributed by atoms with E-state index in [2.05, 4.69) is 22.2 Å². The number of carbonyl (C=O) groups excluding carboxylic acids is 2. The Kier molecular flexibility index (Phi) is 4.73. The summed E-state index contributed by atoms with van der Waals surface area (Å²) in [5, 5.41) is 2.79. The first-order valence-corrected chi connectivity index (χ1v) is 5.97. The standard InChI is InChI=1S/C13H21NO3/c1-13(2,12(16)17-3)9-14-11(15)8-10-6-4-5-7-10/h4,6,10H,5,7-9H2,1-3H3,(H,14,15)/t10-/m0/s1. The molecule has 0 spiro atoms. The predicted molar refractivity (Wildman–Crippen MR) is 65.3 cm³/mol. The Morgan fingerprint density at radius 3 is 2.71 bits per heavy atom. The van der Waals surface area contributed by atoms with Crippen LogP contribution in [0.5, 0.6) is 0 Å². The molecule has 0 radical (unpaired) electrons. The molecular weight excluding hydrogens is 218 g/mol. The molecule has 0 unspecified atom stereocenters. The van der Waals surface area contributed by atoms with Crippen molar-refractivity contribution in [1.82, 2.24) is 5.32 Å². The second kappa shape index (κ2) is 5.84. The van der Waals surface area contributed by atoms with Crippen LogP contribution in [0.1, 0.15) is 33.1 Å². The summed E-state index contributed by atoms with van der Waals surface area (Å²) in [6.45, 7) is 3.83. The van der Waals surface area contributed by atoms with Crippen molar-refractivity contribution in [2.45, 2.75) is 33.1 Å². The number of amides is 1. The number of esters is 1. The van der Waals surface area contributed by atoms with Gasteiger partial charge in [0, 0.05) is 13.0 Å². The third-order valence-corrected chi connectivity index (χ3v) is 3.03. The SMILES string of the molecule is COC(=O)C(C)(C)CNC(=O)C[C@H]1C=CCC1. The van der Waals surface area contributed by atoms with Gasteiger partial charge in [0.2, 0.25) is 5.91 Å². The second-order valence-corrected chi connectivity index (χ2v) is 5.12. The van der Waals surface area contributed by atoms with Crippen LogP contribution in [0.25, 0.3) is 0 Å². The molecule has 0 aromatic rings. The average Bonchev–Trinajstić information content (AvgIpc) is 2.78. The maximum atomic E-state index is 11.7. The van der Waals surface area contributed by atoms with E-state index in [1.807, 2.05) is 0 Å². The average molecular weight is 239 g/mol. The second-order valence-electron chi connectivity index (χ2n) is 5.12. The molecule has 0 aromatic heterocycles. The van der Waals surface area contributed by atoms with Crippen LogP contribution in [-0.2, 0) is 14.3 Å². The molecule has 0 aliphatic heterocycles. The molecule has 1 amide bonds. The van der Waals surface area contributed by atoms with Gasteiger partial charge < -0.3 is 10.1 Å². The molecule has 17 heavy (non-hydrogen) atoms. The lowest BCUT2D eigenvalue weighted by Crippen LogP contribution is -2.39. The summed E-state index contributed by atoms with van der Waals surface area (Å²) in [5.74, 6) is 0.0494. The highest BCUT2D eigenvalue weighted by Gasteiger charge is 2.29. The topological polar surface area (TPSA) is 55.4 Å². The molecule has 1 rings (SSSR count). The van der Waals surface area contributed by atoms with Gasteiger partial charge in [-0.3, -0.25) is 9.59 Å². The number of carbonyl (C=O) groups is 2. The first-order chi connectivity index (χ1) is 7.95. The van der Waals surface area contributed by atoms with Gasteiger partial charge in [0.15, 0.2) is 0 Å². The van der Waals surface area contributed by atoms with Crippen molar-refractivity contribution in [3.63, 3.8) is 0 Å². The van der Waals surface area contributed by atoms with Crippen LogP contribution in [0.15, 0.2) is 12.2 Å². The Hall–Kier alpha value is -1.32. The highest BCUT2D eigenvalue weighted by Crippen LogP contribution is 2.20. The minimum atomic E-state index is -0.671. The van der Waals surface area contributed by atoms with Crippen LogP contribution in [0.3, 0.4) is 0 Å². The first-order valence-electron chi connectivity index (χ1n) is 5.97. The van der Waals surface area contributed by atoms with Crippen molar-refractivity contribution < 1.29 is 14.3 Å². The molecule has 0 fully saturated rings. The molecule has 4 nitrogen and oxygen atoms in total. The Morgan fingerprint density at radius 1 is 1.47 bits per heavy atom. The molecule has 4 heteroatoms. The number of ether oxygens (including phenoxy) is 1. The molecular formula is C13H21NO3. The van der Waals surface area contributed by atoms with E-state index in [-0.39, 0.29) is 11.9 Å². The van der Waals surface area contributed by atoms with E-state index in [9.17, 15) is 9.59 Å². The quantitative estimate of drug-likeness (QED) is 0.586. The summed E-state index contributed by atoms with van der Waals surface area (Å²) in [5.41, 5.74) is -0.671. The van der Waals surface area contributed by atoms with E-state index in [1.165, 1.54) is 7.11 Å². The lowest BCUT2D eigenvalue weighted by Gasteiger charge is -2.22. The Labute approximate surface area is 102 Å². The molecule has 0 aromatic carbocycles. The fraction of sp³-hybridized carbons (Fsp3) is 0.692. The molecule has 0 saturated heterocycles. The highest BCUT2D eigenvalue weighted by molar-refractivity contribution is 5.79. The molecule has 1 atom stereocenters. The molecule has 1 aliphatic carbocycles. The molecule has 0 heterocycles. The summed E-state index contributed by atoms with van der Waals surface area (Å²) in [6, 6.07) is 0. The van der Waals surface area contributed by atoms with Crippen molar-refractivity contribution >= 4 is 11.9 Å². The van der Waals surface area contributed by atoms with Crippen LogP contribution in [0.2, 0.25) is 0 Å². The van der Waals surface area contributed by atoms with Crippen molar-refractivity contribution in [1.29, 1.82) is 0 Å². The third kappa shape index (κ3) is 4.21. The smallest absolute Gasteiger partial charge is 0.313 e. The number of hydrogen-bond acceptors (Lipinski definition) is 3. The Balaban J connectivity index is 2.32. The summed E-state index contributed by atoms with van der Waals surface area (Å²) < 4.78 is 4.68. The summed E-state index contributed by atoms with van der Waals surface area (Å²) >= 11 is 0. The summed E-state index contributed by atoms with van der Waals surface area (Å²) in [7, 11) is 1.36. The van der Waals surface area contributed by atoms with Gasteiger partial charge in [-0.05, 0) is 32.6 Å². The normalized spacial score (nSPS) is 19.1. The lowest BCUT2D eigenvalue weighted by molar-refractivity contribution is -0.150. The van der Waals surface area contributed by atoms with Crippen molar-refractivity contribution in [3.05, 3.63) is 12.2 Å². The van der Waals surface area contributed by atoms with Crippen LogP contribution >= 0.6 is 0 Å². The molecule has 96 valence electrons. The van der Waals surface area contributed by atoms with Gasteiger partial charge in [-0.1, -0.05) is 12.2 Å². The zero-order chi connectivity index (χ0) is 12.9. The van der Waals surface area contributed by atoms with Gasteiger partial charge in [-0.15, -0.1) is 0 Å². The van der Waals surface area contributed by atoms with E-state index in [1.54, 1.807) is 13.8 Å². The van der Waals surface area contributed by atoms with Gasteiger partial charge in [-0.25, -0.2) is 0 Å². The largest absolute Gasteiger partial charge is 0.469 e. The number of allylic oxidation sites excluding steroid dienone is 2. The van der Waals surface area contributed by atoms with E-state index < -0.39 is 5.41 Å². The number of nitrogens with one attached hydrogen (secondary N) is 1. The minimum Gasteiger partial charge on any atom is -0.469 e.